The van der Waals surface area contributed by atoms with Gasteiger partial charge in [0, 0.05) is 5.69 Å². The van der Waals surface area contributed by atoms with Crippen LogP contribution in [-0.4, -0.2) is 17.9 Å². The van der Waals surface area contributed by atoms with Crippen LogP contribution in [0.4, 0.5) is 11.4 Å². The highest BCUT2D eigenvalue weighted by Gasteiger charge is 2.23. The van der Waals surface area contributed by atoms with Crippen LogP contribution in [0.2, 0.25) is 0 Å². The minimum absolute atomic E-state index is 0.282. The minimum atomic E-state index is -0.680. The summed E-state index contributed by atoms with van der Waals surface area (Å²) in [7, 11) is 0. The first-order valence-electron chi connectivity index (χ1n) is 11.9. The van der Waals surface area contributed by atoms with Gasteiger partial charge in [-0.2, -0.15) is 0 Å². The van der Waals surface area contributed by atoms with E-state index < -0.39 is 6.10 Å². The molecule has 5 nitrogen and oxygen atoms in total. The van der Waals surface area contributed by atoms with Crippen molar-refractivity contribution in [2.75, 3.05) is 10.6 Å². The fourth-order valence-electron chi connectivity index (χ4n) is 3.71. The monoisotopic (exact) mass is 458 g/mol. The fourth-order valence-corrected chi connectivity index (χ4v) is 3.71. The molecule has 0 aromatic heterocycles. The van der Waals surface area contributed by atoms with Crippen LogP contribution in [0.1, 0.15) is 66.6 Å². The lowest BCUT2D eigenvalue weighted by atomic mass is 9.98. The second kappa shape index (κ2) is 11.5. The largest absolute Gasteiger partial charge is 0.480 e. The Balaban J connectivity index is 1.77. The molecule has 0 spiro atoms. The molecule has 0 heterocycles. The van der Waals surface area contributed by atoms with Crippen LogP contribution >= 0.6 is 0 Å². The summed E-state index contributed by atoms with van der Waals surface area (Å²) >= 11 is 0. The summed E-state index contributed by atoms with van der Waals surface area (Å²) in [6, 6.07) is 20.6. The molecule has 3 aromatic carbocycles. The topological polar surface area (TPSA) is 67.4 Å². The van der Waals surface area contributed by atoms with E-state index in [9.17, 15) is 9.59 Å². The zero-order valence-electron chi connectivity index (χ0n) is 20.6. The molecule has 34 heavy (non-hydrogen) atoms. The quantitative estimate of drug-likeness (QED) is 0.368. The van der Waals surface area contributed by atoms with Gasteiger partial charge in [0.1, 0.15) is 5.75 Å². The van der Waals surface area contributed by atoms with Crippen molar-refractivity contribution in [1.82, 2.24) is 0 Å². The number of benzene rings is 3. The Labute approximate surface area is 202 Å². The van der Waals surface area contributed by atoms with Crippen molar-refractivity contribution < 1.29 is 14.3 Å². The summed E-state index contributed by atoms with van der Waals surface area (Å²) in [5.74, 6) is 0.481. The summed E-state index contributed by atoms with van der Waals surface area (Å²) < 4.78 is 6.16. The van der Waals surface area contributed by atoms with Gasteiger partial charge in [-0.1, -0.05) is 57.2 Å². The van der Waals surface area contributed by atoms with E-state index in [4.69, 9.17) is 4.74 Å². The van der Waals surface area contributed by atoms with E-state index in [0.29, 0.717) is 29.3 Å². The average molecular weight is 459 g/mol. The number of ether oxygens (including phenoxy) is 1. The number of hydrogen-bond donors (Lipinski definition) is 2. The first kappa shape index (κ1) is 25.0. The molecule has 178 valence electrons. The van der Waals surface area contributed by atoms with Gasteiger partial charge < -0.3 is 15.4 Å². The maximum Gasteiger partial charge on any atom is 0.265 e. The molecule has 2 N–H and O–H groups in total. The van der Waals surface area contributed by atoms with E-state index in [0.717, 1.165) is 28.9 Å². The summed E-state index contributed by atoms with van der Waals surface area (Å²) in [4.78, 5) is 26.1. The van der Waals surface area contributed by atoms with E-state index in [2.05, 4.69) is 24.5 Å². The van der Waals surface area contributed by atoms with Crippen molar-refractivity contribution in [2.45, 2.75) is 59.5 Å². The van der Waals surface area contributed by atoms with Crippen LogP contribution < -0.4 is 15.4 Å². The summed E-state index contributed by atoms with van der Waals surface area (Å²) in [5.41, 5.74) is 4.90. The van der Waals surface area contributed by atoms with Crippen molar-refractivity contribution in [3.05, 3.63) is 89.0 Å². The molecule has 3 rings (SSSR count). The number of para-hydroxylation sites is 2. The van der Waals surface area contributed by atoms with Crippen molar-refractivity contribution in [3.8, 4) is 5.75 Å². The average Bonchev–Trinajstić information content (AvgIpc) is 2.84. The van der Waals surface area contributed by atoms with Gasteiger partial charge in [-0.3, -0.25) is 9.59 Å². The predicted octanol–water partition coefficient (Wildman–Crippen LogP) is 6.87. The Morgan fingerprint density at radius 3 is 2.26 bits per heavy atom. The van der Waals surface area contributed by atoms with Gasteiger partial charge in [0.25, 0.3) is 11.8 Å². The molecule has 0 aliphatic carbocycles. The number of rotatable bonds is 9. The van der Waals surface area contributed by atoms with Crippen LogP contribution in [0.25, 0.3) is 0 Å². The fraction of sp³-hybridized carbons (Fsp3) is 0.310. The van der Waals surface area contributed by atoms with Crippen molar-refractivity contribution in [3.63, 3.8) is 0 Å². The molecular formula is C29H34N2O3. The summed E-state index contributed by atoms with van der Waals surface area (Å²) in [5, 5.41) is 5.83. The van der Waals surface area contributed by atoms with E-state index in [1.807, 2.05) is 63.2 Å². The summed E-state index contributed by atoms with van der Waals surface area (Å²) in [6.45, 7) is 10.2. The zero-order chi connectivity index (χ0) is 24.7. The molecule has 0 aliphatic heterocycles. The van der Waals surface area contributed by atoms with E-state index >= 15 is 0 Å². The molecule has 2 amide bonds. The number of amides is 2. The highest BCUT2D eigenvalue weighted by atomic mass is 16.5. The van der Waals surface area contributed by atoms with Crippen LogP contribution in [-0.2, 0) is 4.79 Å². The second-order valence-electron chi connectivity index (χ2n) is 8.65. The molecule has 2 unspecified atom stereocenters. The van der Waals surface area contributed by atoms with Crippen LogP contribution in [0.5, 0.6) is 5.75 Å². The van der Waals surface area contributed by atoms with E-state index in [-0.39, 0.29) is 11.8 Å². The van der Waals surface area contributed by atoms with Gasteiger partial charge in [-0.25, -0.2) is 0 Å². The number of carbonyl (C=O) groups is 2. The number of anilines is 2. The van der Waals surface area contributed by atoms with Crippen LogP contribution in [0.15, 0.2) is 66.7 Å². The van der Waals surface area contributed by atoms with Gasteiger partial charge in [-0.05, 0) is 79.6 Å². The maximum absolute atomic E-state index is 13.1. The third kappa shape index (κ3) is 6.04. The summed E-state index contributed by atoms with van der Waals surface area (Å²) in [6.07, 6.45) is 0.797. The van der Waals surface area contributed by atoms with Crippen LogP contribution in [0, 0.1) is 13.8 Å². The Bertz CT molecular complexity index is 1160. The van der Waals surface area contributed by atoms with Crippen LogP contribution in [0.3, 0.4) is 0 Å². The molecular weight excluding hydrogens is 424 g/mol. The number of aryl methyl sites for hydroxylation is 2. The lowest BCUT2D eigenvalue weighted by molar-refractivity contribution is -0.122. The molecule has 3 aromatic rings. The molecule has 0 bridgehead atoms. The Kier molecular flexibility index (Phi) is 8.47. The second-order valence-corrected chi connectivity index (χ2v) is 8.65. The third-order valence-corrected chi connectivity index (χ3v) is 6.19. The van der Waals surface area contributed by atoms with Crippen molar-refractivity contribution in [1.29, 1.82) is 0 Å². The molecule has 0 saturated carbocycles. The lowest BCUT2D eigenvalue weighted by Gasteiger charge is -2.22. The Morgan fingerprint density at radius 1 is 0.853 bits per heavy atom. The van der Waals surface area contributed by atoms with E-state index in [1.165, 1.54) is 0 Å². The molecule has 2 atom stereocenters. The molecule has 0 fully saturated rings. The Hall–Kier alpha value is -3.60. The number of nitrogens with one attached hydrogen (secondary N) is 2. The molecule has 0 saturated heterocycles. The van der Waals surface area contributed by atoms with Gasteiger partial charge in [-0.15, -0.1) is 0 Å². The van der Waals surface area contributed by atoms with Crippen molar-refractivity contribution in [2.24, 2.45) is 0 Å². The van der Waals surface area contributed by atoms with E-state index in [1.54, 1.807) is 24.3 Å². The lowest BCUT2D eigenvalue weighted by Crippen LogP contribution is -2.33. The molecule has 0 aliphatic rings. The minimum Gasteiger partial charge on any atom is -0.480 e. The predicted molar refractivity (Wildman–Crippen MR) is 139 cm³/mol. The SMILES string of the molecule is CCC(Oc1ccccc1C(C)CC)C(=O)Nc1ccccc1C(=O)Nc1ccc(C)c(C)c1. The molecule has 0 radical (unpaired) electrons. The van der Waals surface area contributed by atoms with Gasteiger partial charge in [0.15, 0.2) is 6.10 Å². The Morgan fingerprint density at radius 2 is 1.56 bits per heavy atom. The maximum atomic E-state index is 13.1. The highest BCUT2D eigenvalue weighted by molar-refractivity contribution is 6.10. The smallest absolute Gasteiger partial charge is 0.265 e. The van der Waals surface area contributed by atoms with Gasteiger partial charge in [0.05, 0.1) is 11.3 Å². The normalized spacial score (nSPS) is 12.5. The standard InChI is InChI=1S/C29H34N2O3/c1-6-19(3)23-12-9-11-15-27(23)34-26(7-2)29(33)31-25-14-10-8-13-24(25)28(32)30-22-17-16-20(4)21(5)18-22/h8-19,26H,6-7H2,1-5H3,(H,30,32)(H,31,33). The number of carbonyl (C=O) groups excluding carboxylic acids is 2. The first-order chi connectivity index (χ1) is 16.3. The molecule has 5 heteroatoms. The number of hydrogen-bond acceptors (Lipinski definition) is 3. The third-order valence-electron chi connectivity index (χ3n) is 6.19. The highest BCUT2D eigenvalue weighted by Crippen LogP contribution is 2.30. The van der Waals surface area contributed by atoms with Gasteiger partial charge in [0.2, 0.25) is 0 Å². The zero-order valence-corrected chi connectivity index (χ0v) is 20.6. The first-order valence-corrected chi connectivity index (χ1v) is 11.9. The van der Waals surface area contributed by atoms with Gasteiger partial charge >= 0.3 is 0 Å². The van der Waals surface area contributed by atoms with Crippen molar-refractivity contribution >= 4 is 23.2 Å².